The van der Waals surface area contributed by atoms with E-state index in [1.54, 1.807) is 6.92 Å². The number of ether oxygens (including phenoxy) is 1. The number of carboxylic acid groups (broad SMARTS) is 1. The fraction of sp³-hybridized carbons (Fsp3) is 0.400. The van der Waals surface area contributed by atoms with E-state index in [2.05, 4.69) is 5.32 Å². The molecule has 2 aromatic rings. The molecule has 2 amide bonds. The predicted molar refractivity (Wildman–Crippen MR) is 121 cm³/mol. The average molecular weight is 453 g/mol. The van der Waals surface area contributed by atoms with E-state index in [4.69, 9.17) is 9.84 Å². The molecule has 8 nitrogen and oxygen atoms in total. The van der Waals surface area contributed by atoms with E-state index in [9.17, 15) is 19.5 Å². The summed E-state index contributed by atoms with van der Waals surface area (Å²) in [5.74, 6) is -1.53. The Hall–Kier alpha value is -3.39. The molecule has 0 aromatic heterocycles. The van der Waals surface area contributed by atoms with Crippen molar-refractivity contribution >= 4 is 18.0 Å². The second kappa shape index (κ2) is 9.62. The number of hydrogen-bond acceptors (Lipinski definition) is 5. The highest BCUT2D eigenvalue weighted by molar-refractivity contribution is 5.87. The summed E-state index contributed by atoms with van der Waals surface area (Å²) in [6.45, 7) is 2.54. The number of benzene rings is 2. The summed E-state index contributed by atoms with van der Waals surface area (Å²) < 4.78 is 5.51. The minimum absolute atomic E-state index is 0.0106. The summed E-state index contributed by atoms with van der Waals surface area (Å²) in [6, 6.07) is 15.0. The highest BCUT2D eigenvalue weighted by atomic mass is 16.5. The van der Waals surface area contributed by atoms with E-state index < -0.39 is 24.2 Å². The normalized spacial score (nSPS) is 16.8. The number of hydrogen-bond donors (Lipinski definition) is 3. The molecule has 0 radical (unpaired) electrons. The lowest BCUT2D eigenvalue weighted by Gasteiger charge is -2.42. The molecule has 174 valence electrons. The molecule has 2 atom stereocenters. The van der Waals surface area contributed by atoms with Gasteiger partial charge in [0.2, 0.25) is 5.91 Å². The van der Waals surface area contributed by atoms with Crippen molar-refractivity contribution in [2.75, 3.05) is 19.7 Å². The molecule has 1 fully saturated rings. The molecule has 3 N–H and O–H groups in total. The van der Waals surface area contributed by atoms with Crippen LogP contribution in [0.25, 0.3) is 11.1 Å². The number of rotatable bonds is 8. The van der Waals surface area contributed by atoms with Gasteiger partial charge in [0, 0.05) is 31.3 Å². The van der Waals surface area contributed by atoms with Crippen LogP contribution in [0.15, 0.2) is 48.5 Å². The topological polar surface area (TPSA) is 116 Å². The summed E-state index contributed by atoms with van der Waals surface area (Å²) in [7, 11) is 0. The number of carboxylic acids is 1. The zero-order valence-electron chi connectivity index (χ0n) is 18.4. The number of aliphatic carboxylic acids is 1. The zero-order valence-corrected chi connectivity index (χ0v) is 18.4. The molecular weight excluding hydrogens is 424 g/mol. The van der Waals surface area contributed by atoms with E-state index in [0.717, 1.165) is 22.3 Å². The summed E-state index contributed by atoms with van der Waals surface area (Å²) in [5, 5.41) is 21.2. The Morgan fingerprint density at radius 2 is 1.64 bits per heavy atom. The van der Waals surface area contributed by atoms with Crippen LogP contribution in [-0.4, -0.2) is 64.9 Å². The molecule has 4 rings (SSSR count). The largest absolute Gasteiger partial charge is 0.481 e. The van der Waals surface area contributed by atoms with Gasteiger partial charge in [0.1, 0.15) is 12.6 Å². The van der Waals surface area contributed by atoms with Gasteiger partial charge in [-0.2, -0.15) is 0 Å². The Bertz CT molecular complexity index is 1000. The Balaban J connectivity index is 1.39. The third-order valence-electron chi connectivity index (χ3n) is 6.48. The molecule has 8 heteroatoms. The molecule has 0 bridgehead atoms. The van der Waals surface area contributed by atoms with Crippen molar-refractivity contribution in [3.63, 3.8) is 0 Å². The Kier molecular flexibility index (Phi) is 6.65. The Morgan fingerprint density at radius 1 is 1.06 bits per heavy atom. The van der Waals surface area contributed by atoms with Gasteiger partial charge in [-0.25, -0.2) is 4.79 Å². The first-order chi connectivity index (χ1) is 15.8. The molecule has 2 unspecified atom stereocenters. The third kappa shape index (κ3) is 4.85. The van der Waals surface area contributed by atoms with Crippen LogP contribution < -0.4 is 5.32 Å². The summed E-state index contributed by atoms with van der Waals surface area (Å²) >= 11 is 0. The molecule has 1 aliphatic carbocycles. The first kappa shape index (κ1) is 22.8. The Morgan fingerprint density at radius 3 is 2.18 bits per heavy atom. The van der Waals surface area contributed by atoms with Crippen LogP contribution in [0.4, 0.5) is 4.79 Å². The fourth-order valence-electron chi connectivity index (χ4n) is 4.53. The number of alkyl carbamates (subject to hydrolysis) is 1. The molecule has 2 aromatic carbocycles. The van der Waals surface area contributed by atoms with Crippen molar-refractivity contribution < 1.29 is 29.3 Å². The van der Waals surface area contributed by atoms with Crippen LogP contribution in [0, 0.1) is 5.92 Å². The SMILES string of the molecule is CC(O)C1CN(C(=O)C(CCC(=O)O)NC(=O)OCC2c3ccccc3-c3ccccc32)C1. The number of likely N-dealkylation sites (tertiary alicyclic amines) is 1. The molecule has 1 aliphatic heterocycles. The van der Waals surface area contributed by atoms with Crippen LogP contribution >= 0.6 is 0 Å². The molecule has 1 saturated heterocycles. The number of nitrogens with one attached hydrogen (secondary N) is 1. The number of nitrogens with zero attached hydrogens (tertiary/aromatic N) is 1. The highest BCUT2D eigenvalue weighted by Crippen LogP contribution is 2.44. The van der Waals surface area contributed by atoms with E-state index in [1.165, 1.54) is 4.90 Å². The maximum absolute atomic E-state index is 12.8. The van der Waals surface area contributed by atoms with Crippen molar-refractivity contribution in [3.8, 4) is 11.1 Å². The van der Waals surface area contributed by atoms with Crippen molar-refractivity contribution in [3.05, 3.63) is 59.7 Å². The minimum atomic E-state index is -1.05. The quantitative estimate of drug-likeness (QED) is 0.567. The lowest BCUT2D eigenvalue weighted by atomic mass is 9.93. The number of carbonyl (C=O) groups excluding carboxylic acids is 2. The standard InChI is InChI=1S/C25H28N2O6/c1-15(28)16-12-27(13-16)24(31)22(10-11-23(29)30)26-25(32)33-14-21-19-8-4-2-6-17(19)18-7-3-5-9-20(18)21/h2-9,15-16,21-22,28H,10-14H2,1H3,(H,26,32)(H,29,30). The van der Waals surface area contributed by atoms with Gasteiger partial charge in [0.25, 0.3) is 0 Å². The smallest absolute Gasteiger partial charge is 0.407 e. The van der Waals surface area contributed by atoms with Crippen molar-refractivity contribution in [2.45, 2.75) is 37.8 Å². The number of carbonyl (C=O) groups is 3. The first-order valence-corrected chi connectivity index (χ1v) is 11.1. The van der Waals surface area contributed by atoms with Gasteiger partial charge in [-0.3, -0.25) is 9.59 Å². The average Bonchev–Trinajstić information content (AvgIpc) is 3.07. The van der Waals surface area contributed by atoms with E-state index >= 15 is 0 Å². The van der Waals surface area contributed by atoms with Crippen LogP contribution in [-0.2, 0) is 14.3 Å². The lowest BCUT2D eigenvalue weighted by Crippen LogP contribution is -2.59. The van der Waals surface area contributed by atoms with Gasteiger partial charge in [0.15, 0.2) is 0 Å². The van der Waals surface area contributed by atoms with Crippen molar-refractivity contribution in [2.24, 2.45) is 5.92 Å². The van der Waals surface area contributed by atoms with E-state index in [-0.39, 0.29) is 37.2 Å². The van der Waals surface area contributed by atoms with Gasteiger partial charge in [-0.15, -0.1) is 0 Å². The second-order valence-electron chi connectivity index (χ2n) is 8.70. The molecule has 0 saturated carbocycles. The van der Waals surface area contributed by atoms with Gasteiger partial charge in [0.05, 0.1) is 6.10 Å². The molecule has 0 spiro atoms. The number of amides is 2. The zero-order chi connectivity index (χ0) is 23.5. The first-order valence-electron chi connectivity index (χ1n) is 11.1. The van der Waals surface area contributed by atoms with Crippen LogP contribution in [0.1, 0.15) is 36.8 Å². The second-order valence-corrected chi connectivity index (χ2v) is 8.70. The number of aliphatic hydroxyl groups excluding tert-OH is 1. The maximum atomic E-state index is 12.8. The molecule has 2 aliphatic rings. The molecule has 33 heavy (non-hydrogen) atoms. The molecular formula is C25H28N2O6. The monoisotopic (exact) mass is 452 g/mol. The Labute approximate surface area is 192 Å². The summed E-state index contributed by atoms with van der Waals surface area (Å²) in [4.78, 5) is 38.0. The van der Waals surface area contributed by atoms with Gasteiger partial charge in [-0.1, -0.05) is 48.5 Å². The van der Waals surface area contributed by atoms with Crippen LogP contribution in [0.2, 0.25) is 0 Å². The summed E-state index contributed by atoms with van der Waals surface area (Å²) in [6.07, 6.45) is -1.57. The van der Waals surface area contributed by atoms with Crippen molar-refractivity contribution in [1.82, 2.24) is 10.2 Å². The van der Waals surface area contributed by atoms with Gasteiger partial charge < -0.3 is 25.2 Å². The van der Waals surface area contributed by atoms with Crippen molar-refractivity contribution in [1.29, 1.82) is 0 Å². The summed E-state index contributed by atoms with van der Waals surface area (Å²) in [5.41, 5.74) is 4.38. The third-order valence-corrected chi connectivity index (χ3v) is 6.48. The van der Waals surface area contributed by atoms with Gasteiger partial charge >= 0.3 is 12.1 Å². The fourth-order valence-corrected chi connectivity index (χ4v) is 4.53. The van der Waals surface area contributed by atoms with E-state index in [0.29, 0.717) is 13.1 Å². The number of aliphatic hydroxyl groups is 1. The maximum Gasteiger partial charge on any atom is 0.407 e. The van der Waals surface area contributed by atoms with E-state index in [1.807, 2.05) is 48.5 Å². The number of fused-ring (bicyclic) bond motifs is 3. The lowest BCUT2D eigenvalue weighted by molar-refractivity contribution is -0.143. The molecule has 1 heterocycles. The predicted octanol–water partition coefficient (Wildman–Crippen LogP) is 2.60. The highest BCUT2D eigenvalue weighted by Gasteiger charge is 2.37. The van der Waals surface area contributed by atoms with Crippen LogP contribution in [0.3, 0.4) is 0 Å². The van der Waals surface area contributed by atoms with Crippen LogP contribution in [0.5, 0.6) is 0 Å². The van der Waals surface area contributed by atoms with Gasteiger partial charge in [-0.05, 0) is 35.6 Å². The minimum Gasteiger partial charge on any atom is -0.481 e.